The molecule has 1 aliphatic heterocycles. The zero-order valence-corrected chi connectivity index (χ0v) is 9.58. The maximum Gasteiger partial charge on any atom is 0.212 e. The molecule has 88 valence electrons. The monoisotopic (exact) mass is 244 g/mol. The van der Waals surface area contributed by atoms with Crippen molar-refractivity contribution in [3.05, 3.63) is 29.8 Å². The topological polar surface area (TPSA) is 50.3 Å². The molecule has 1 aromatic rings. The first-order valence-corrected chi connectivity index (χ1v) is 6.90. The third-order valence-corrected chi connectivity index (χ3v) is 4.24. The van der Waals surface area contributed by atoms with E-state index >= 15 is 0 Å². The molecule has 0 bridgehead atoms. The van der Waals surface area contributed by atoms with Crippen LogP contribution in [0.3, 0.4) is 0 Å². The molecule has 0 aromatic carbocycles. The van der Waals surface area contributed by atoms with Gasteiger partial charge in [-0.3, -0.25) is 4.90 Å². The number of sulfone groups is 1. The Bertz CT molecular complexity index is 444. The number of hydrogen-bond acceptors (Lipinski definition) is 4. The van der Waals surface area contributed by atoms with Crippen LogP contribution in [-0.2, 0) is 16.4 Å². The molecule has 1 fully saturated rings. The van der Waals surface area contributed by atoms with E-state index in [1.807, 2.05) is 4.90 Å². The summed E-state index contributed by atoms with van der Waals surface area (Å²) in [6, 6.07) is 2.99. The van der Waals surface area contributed by atoms with Crippen LogP contribution in [-0.4, -0.2) is 42.9 Å². The fourth-order valence-corrected chi connectivity index (χ4v) is 2.94. The van der Waals surface area contributed by atoms with Crippen molar-refractivity contribution >= 4 is 9.84 Å². The molecule has 0 saturated carbocycles. The third-order valence-electron chi connectivity index (χ3n) is 2.63. The summed E-state index contributed by atoms with van der Waals surface area (Å²) >= 11 is 0. The quantitative estimate of drug-likeness (QED) is 0.709. The smallest absolute Gasteiger partial charge is 0.212 e. The Morgan fingerprint density at radius 3 is 2.56 bits per heavy atom. The normalized spacial score (nSPS) is 20.8. The molecule has 0 radical (unpaired) electrons. The Balaban J connectivity index is 1.94. The molecule has 0 atom stereocenters. The SMILES string of the molecule is O=S1(=O)CCN(Cc2ccc(F)nc2)CC1. The lowest BCUT2D eigenvalue weighted by Gasteiger charge is -2.26. The van der Waals surface area contributed by atoms with Crippen molar-refractivity contribution in [1.82, 2.24) is 9.88 Å². The average Bonchev–Trinajstić information content (AvgIpc) is 2.24. The van der Waals surface area contributed by atoms with Crippen molar-refractivity contribution in [2.24, 2.45) is 0 Å². The van der Waals surface area contributed by atoms with Crippen LogP contribution in [0.15, 0.2) is 18.3 Å². The van der Waals surface area contributed by atoms with Crippen molar-refractivity contribution in [2.45, 2.75) is 6.54 Å². The number of rotatable bonds is 2. The molecule has 1 aliphatic rings. The molecule has 2 heterocycles. The maximum atomic E-state index is 12.6. The zero-order valence-electron chi connectivity index (χ0n) is 8.76. The molecule has 1 saturated heterocycles. The van der Waals surface area contributed by atoms with Crippen LogP contribution < -0.4 is 0 Å². The molecular formula is C10H13FN2O2S. The standard InChI is InChI=1S/C10H13FN2O2S/c11-10-2-1-9(7-12-10)8-13-3-5-16(14,15)6-4-13/h1-2,7H,3-6,8H2. The molecule has 0 unspecified atom stereocenters. The number of halogens is 1. The Morgan fingerprint density at radius 1 is 1.31 bits per heavy atom. The van der Waals surface area contributed by atoms with Gasteiger partial charge in [0, 0.05) is 25.8 Å². The molecule has 2 rings (SSSR count). The van der Waals surface area contributed by atoms with Crippen LogP contribution in [0, 0.1) is 5.95 Å². The summed E-state index contributed by atoms with van der Waals surface area (Å²) in [5, 5.41) is 0. The highest BCUT2D eigenvalue weighted by Gasteiger charge is 2.21. The fourth-order valence-electron chi connectivity index (χ4n) is 1.67. The minimum atomic E-state index is -2.83. The van der Waals surface area contributed by atoms with Crippen molar-refractivity contribution in [1.29, 1.82) is 0 Å². The van der Waals surface area contributed by atoms with Gasteiger partial charge in [0.15, 0.2) is 9.84 Å². The number of hydrogen-bond donors (Lipinski definition) is 0. The summed E-state index contributed by atoms with van der Waals surface area (Å²) in [6.45, 7) is 1.71. The van der Waals surface area contributed by atoms with E-state index < -0.39 is 15.8 Å². The largest absolute Gasteiger partial charge is 0.297 e. The van der Waals surface area contributed by atoms with Gasteiger partial charge in [0.2, 0.25) is 5.95 Å². The Morgan fingerprint density at radius 2 is 2.00 bits per heavy atom. The molecule has 0 N–H and O–H groups in total. The highest BCUT2D eigenvalue weighted by atomic mass is 32.2. The molecular weight excluding hydrogens is 231 g/mol. The molecule has 4 nitrogen and oxygen atoms in total. The van der Waals surface area contributed by atoms with Gasteiger partial charge in [-0.2, -0.15) is 4.39 Å². The van der Waals surface area contributed by atoms with E-state index in [9.17, 15) is 12.8 Å². The van der Waals surface area contributed by atoms with Gasteiger partial charge in [-0.1, -0.05) is 6.07 Å². The second kappa shape index (κ2) is 4.47. The van der Waals surface area contributed by atoms with Gasteiger partial charge in [-0.15, -0.1) is 0 Å². The molecule has 1 aromatic heterocycles. The predicted octanol–water partition coefficient (Wildman–Crippen LogP) is 0.451. The van der Waals surface area contributed by atoms with E-state index in [-0.39, 0.29) is 11.5 Å². The Hall–Kier alpha value is -1.01. The Kier molecular flexibility index (Phi) is 3.20. The van der Waals surface area contributed by atoms with Gasteiger partial charge in [0.25, 0.3) is 0 Å². The Labute approximate surface area is 94.0 Å². The van der Waals surface area contributed by atoms with Crippen molar-refractivity contribution in [3.8, 4) is 0 Å². The first kappa shape index (κ1) is 11.5. The third kappa shape index (κ3) is 2.99. The molecule has 0 amide bonds. The fraction of sp³-hybridized carbons (Fsp3) is 0.500. The first-order chi connectivity index (χ1) is 7.55. The lowest BCUT2D eigenvalue weighted by molar-refractivity contribution is 0.287. The van der Waals surface area contributed by atoms with Gasteiger partial charge in [0.05, 0.1) is 11.5 Å². The van der Waals surface area contributed by atoms with Crippen molar-refractivity contribution in [3.63, 3.8) is 0 Å². The van der Waals surface area contributed by atoms with Crippen LogP contribution in [0.4, 0.5) is 4.39 Å². The van der Waals surface area contributed by atoms with E-state index in [2.05, 4.69) is 4.98 Å². The van der Waals surface area contributed by atoms with Crippen molar-refractivity contribution < 1.29 is 12.8 Å². The zero-order chi connectivity index (χ0) is 11.6. The van der Waals surface area contributed by atoms with Crippen molar-refractivity contribution in [2.75, 3.05) is 24.6 Å². The van der Waals surface area contributed by atoms with E-state index in [4.69, 9.17) is 0 Å². The number of nitrogens with zero attached hydrogens (tertiary/aromatic N) is 2. The lowest BCUT2D eigenvalue weighted by Crippen LogP contribution is -2.39. The van der Waals surface area contributed by atoms with E-state index in [1.165, 1.54) is 12.3 Å². The van der Waals surface area contributed by atoms with Crippen LogP contribution in [0.5, 0.6) is 0 Å². The minimum absolute atomic E-state index is 0.210. The van der Waals surface area contributed by atoms with E-state index in [0.29, 0.717) is 19.6 Å². The summed E-state index contributed by atoms with van der Waals surface area (Å²) in [7, 11) is -2.83. The summed E-state index contributed by atoms with van der Waals surface area (Å²) in [6.07, 6.45) is 1.48. The molecule has 16 heavy (non-hydrogen) atoms. The average molecular weight is 244 g/mol. The van der Waals surface area contributed by atoms with Gasteiger partial charge in [-0.25, -0.2) is 13.4 Å². The van der Waals surface area contributed by atoms with Crippen LogP contribution >= 0.6 is 0 Å². The van der Waals surface area contributed by atoms with Crippen LogP contribution in [0.25, 0.3) is 0 Å². The first-order valence-electron chi connectivity index (χ1n) is 5.08. The maximum absolute atomic E-state index is 12.6. The van der Waals surface area contributed by atoms with E-state index in [1.54, 1.807) is 6.07 Å². The highest BCUT2D eigenvalue weighted by Crippen LogP contribution is 2.09. The number of aromatic nitrogens is 1. The summed E-state index contributed by atoms with van der Waals surface area (Å²) in [5.41, 5.74) is 0.903. The summed E-state index contributed by atoms with van der Waals surface area (Å²) < 4.78 is 35.0. The second-order valence-electron chi connectivity index (χ2n) is 3.92. The summed E-state index contributed by atoms with van der Waals surface area (Å²) in [4.78, 5) is 5.60. The minimum Gasteiger partial charge on any atom is -0.297 e. The van der Waals surface area contributed by atoms with E-state index in [0.717, 1.165) is 5.56 Å². The van der Waals surface area contributed by atoms with Gasteiger partial charge < -0.3 is 0 Å². The number of pyridine rings is 1. The lowest BCUT2D eigenvalue weighted by atomic mass is 10.2. The van der Waals surface area contributed by atoms with Crippen LogP contribution in [0.1, 0.15) is 5.56 Å². The second-order valence-corrected chi connectivity index (χ2v) is 6.22. The van der Waals surface area contributed by atoms with Gasteiger partial charge in [-0.05, 0) is 11.6 Å². The van der Waals surface area contributed by atoms with Crippen LogP contribution in [0.2, 0.25) is 0 Å². The highest BCUT2D eigenvalue weighted by molar-refractivity contribution is 7.91. The van der Waals surface area contributed by atoms with Gasteiger partial charge in [0.1, 0.15) is 0 Å². The molecule has 0 spiro atoms. The molecule has 6 heteroatoms. The van der Waals surface area contributed by atoms with Gasteiger partial charge >= 0.3 is 0 Å². The molecule has 0 aliphatic carbocycles. The predicted molar refractivity (Wildman–Crippen MR) is 58.1 cm³/mol. The summed E-state index contributed by atoms with van der Waals surface area (Å²) in [5.74, 6) is -0.0755.